The van der Waals surface area contributed by atoms with Gasteiger partial charge in [0, 0.05) is 77.1 Å². The average Bonchev–Trinajstić information content (AvgIpc) is 3.05. The van der Waals surface area contributed by atoms with Crippen molar-refractivity contribution in [3.8, 4) is 142 Å². The molecule has 0 fully saturated rings. The quantitative estimate of drug-likeness (QED) is 0.381. The maximum atomic E-state index is 11.9. The van der Waals surface area contributed by atoms with Crippen LogP contribution in [0.5, 0.6) is 11.5 Å². The van der Waals surface area contributed by atoms with Gasteiger partial charge in [-0.05, 0) is 76.2 Å². The van der Waals surface area contributed by atoms with E-state index in [-0.39, 0.29) is 11.5 Å². The van der Waals surface area contributed by atoms with Crippen LogP contribution >= 0.6 is 0 Å². The summed E-state index contributed by atoms with van der Waals surface area (Å²) in [4.78, 5) is 0. The lowest BCUT2D eigenvalue weighted by atomic mass is 9.80. The van der Waals surface area contributed by atoms with E-state index >= 15 is 0 Å². The second-order valence-electron chi connectivity index (χ2n) is 7.88. The second-order valence-corrected chi connectivity index (χ2v) is 7.88. The Morgan fingerprint density at radius 1 is 0.477 bits per heavy atom. The van der Waals surface area contributed by atoms with Crippen LogP contribution < -0.4 is 4.74 Å². The minimum atomic E-state index is -1.54. The van der Waals surface area contributed by atoms with Crippen molar-refractivity contribution < 1.29 is 14.9 Å². The van der Waals surface area contributed by atoms with Crippen LogP contribution in [0.2, 0.25) is 0 Å². The second kappa shape index (κ2) is 17.9. The molecular weight excluding hydrogens is 540 g/mol. The Hall–Kier alpha value is -7.62. The summed E-state index contributed by atoms with van der Waals surface area (Å²) in [6.45, 7) is 0. The molecule has 0 aliphatic carbocycles. The third-order valence-corrected chi connectivity index (χ3v) is 5.11. The number of hydrogen-bond acceptors (Lipinski definition) is 3. The number of terminal acetylenes is 1. The molecule has 3 aromatic rings. The van der Waals surface area contributed by atoms with Gasteiger partial charge in [0.15, 0.2) is 0 Å². The maximum Gasteiger partial charge on any atom is 0.144 e. The average molecular weight is 557 g/mol. The van der Waals surface area contributed by atoms with Crippen molar-refractivity contribution in [3.05, 3.63) is 95.6 Å². The van der Waals surface area contributed by atoms with Gasteiger partial charge in [0.25, 0.3) is 0 Å². The van der Waals surface area contributed by atoms with Crippen molar-refractivity contribution >= 4 is 0 Å². The molecule has 0 bridgehead atoms. The summed E-state index contributed by atoms with van der Waals surface area (Å²) in [5.41, 5.74) is 0.118. The third kappa shape index (κ3) is 10.2. The first-order valence-corrected chi connectivity index (χ1v) is 12.4. The highest BCUT2D eigenvalue weighted by Crippen LogP contribution is 2.39. The van der Waals surface area contributed by atoms with Crippen molar-refractivity contribution in [2.75, 3.05) is 0 Å². The van der Waals surface area contributed by atoms with Crippen LogP contribution in [0, 0.1) is 131 Å². The van der Waals surface area contributed by atoms with Crippen LogP contribution in [-0.4, -0.2) is 10.2 Å². The Kier molecular flexibility index (Phi) is 12.6. The maximum absolute atomic E-state index is 11.9. The van der Waals surface area contributed by atoms with Gasteiger partial charge in [0.05, 0.1) is 0 Å². The first-order chi connectivity index (χ1) is 21.6. The van der Waals surface area contributed by atoms with E-state index in [2.05, 4.69) is 125 Å². The largest absolute Gasteiger partial charge is 0.508 e. The molecule has 3 heteroatoms. The van der Waals surface area contributed by atoms with Crippen molar-refractivity contribution in [1.29, 1.82) is 0 Å². The van der Waals surface area contributed by atoms with Crippen molar-refractivity contribution in [2.45, 2.75) is 5.60 Å². The zero-order valence-corrected chi connectivity index (χ0v) is 22.9. The molecule has 44 heavy (non-hydrogen) atoms. The Morgan fingerprint density at radius 3 is 1.27 bits per heavy atom. The molecule has 0 unspecified atom stereocenters. The fourth-order valence-corrected chi connectivity index (χ4v) is 3.39. The zero-order valence-electron chi connectivity index (χ0n) is 22.9. The molecular formula is C41H16O3. The van der Waals surface area contributed by atoms with Crippen LogP contribution in [0.25, 0.3) is 0 Å². The molecule has 0 amide bonds. The summed E-state index contributed by atoms with van der Waals surface area (Å²) in [6, 6.07) is 22.8. The topological polar surface area (TPSA) is 49.7 Å². The lowest BCUT2D eigenvalue weighted by Crippen LogP contribution is -2.28. The third-order valence-electron chi connectivity index (χ3n) is 5.11. The molecule has 0 radical (unpaired) electrons. The van der Waals surface area contributed by atoms with Crippen LogP contribution in [0.3, 0.4) is 0 Å². The molecule has 3 nitrogen and oxygen atoms in total. The minimum absolute atomic E-state index is 0.0959. The Bertz CT molecular complexity index is 2180. The van der Waals surface area contributed by atoms with E-state index in [0.717, 1.165) is 0 Å². The summed E-state index contributed by atoms with van der Waals surface area (Å²) in [5, 5.41) is 22.3. The summed E-state index contributed by atoms with van der Waals surface area (Å²) in [6.07, 6.45) is 7.40. The highest BCUT2D eigenvalue weighted by molar-refractivity contribution is 5.52. The van der Waals surface area contributed by atoms with Gasteiger partial charge in [-0.3, -0.25) is 0 Å². The van der Waals surface area contributed by atoms with Crippen molar-refractivity contribution in [1.82, 2.24) is 0 Å². The predicted molar refractivity (Wildman–Crippen MR) is 170 cm³/mol. The fraction of sp³-hybridized carbons (Fsp3) is 0.0244. The van der Waals surface area contributed by atoms with Crippen LogP contribution in [-0.2, 0) is 5.60 Å². The van der Waals surface area contributed by atoms with Gasteiger partial charge in [0.1, 0.15) is 23.2 Å². The smallest absolute Gasteiger partial charge is 0.144 e. The van der Waals surface area contributed by atoms with Gasteiger partial charge in [-0.15, -0.1) is 6.42 Å². The molecule has 0 atom stereocenters. The zero-order chi connectivity index (χ0) is 31.1. The summed E-state index contributed by atoms with van der Waals surface area (Å²) >= 11 is 0. The number of phenols is 1. The molecule has 2 N–H and O–H groups in total. The van der Waals surface area contributed by atoms with Gasteiger partial charge >= 0.3 is 0 Å². The first kappa shape index (κ1) is 30.9. The van der Waals surface area contributed by atoms with Crippen molar-refractivity contribution in [2.24, 2.45) is 0 Å². The van der Waals surface area contributed by atoms with Gasteiger partial charge in [-0.1, -0.05) is 60.7 Å². The van der Waals surface area contributed by atoms with Gasteiger partial charge in [-0.25, -0.2) is 0 Å². The molecule has 0 heterocycles. The molecule has 3 aromatic carbocycles. The molecule has 0 aliphatic heterocycles. The Balaban J connectivity index is 1.61. The minimum Gasteiger partial charge on any atom is -0.508 e. The molecule has 0 saturated heterocycles. The SMILES string of the molecule is C#CC#CC#CC#CC#CC#CC#CC#CC#CC#CC#COc1cc(O)cc(C(O)(c2ccccc2)c2ccccc2)c1. The summed E-state index contributed by atoms with van der Waals surface area (Å²) in [7, 11) is 0. The van der Waals surface area contributed by atoms with Crippen LogP contribution in [0.15, 0.2) is 78.9 Å². The lowest BCUT2D eigenvalue weighted by molar-refractivity contribution is 0.125. The molecule has 0 saturated carbocycles. The first-order valence-electron chi connectivity index (χ1n) is 12.4. The van der Waals surface area contributed by atoms with Gasteiger partial charge < -0.3 is 14.9 Å². The fourth-order valence-electron chi connectivity index (χ4n) is 3.39. The normalized spacial score (nSPS) is 7.73. The molecule has 0 aliphatic rings. The van der Waals surface area contributed by atoms with E-state index in [9.17, 15) is 10.2 Å². The summed E-state index contributed by atoms with van der Waals surface area (Å²) in [5.74, 6) is 49.5. The molecule has 198 valence electrons. The van der Waals surface area contributed by atoms with E-state index in [1.54, 1.807) is 6.07 Å². The Labute approximate surface area is 258 Å². The highest BCUT2D eigenvalue weighted by Gasteiger charge is 2.34. The standard InChI is InChI=1S/C41H16O3/c1-2-3-4-5-6-7-8-9-10-11-12-13-14-15-16-17-18-19-20-27-32-44-40-34-38(33-39(42)35-40)41(43,36-28-23-21-24-29-36)37-30-25-22-26-31-37/h1,21-26,28-31,33-35,42-43H. The summed E-state index contributed by atoms with van der Waals surface area (Å²) < 4.78 is 5.46. The number of benzene rings is 3. The lowest BCUT2D eigenvalue weighted by Gasteiger charge is -2.30. The number of hydrogen-bond donors (Lipinski definition) is 2. The van der Waals surface area contributed by atoms with E-state index in [4.69, 9.17) is 11.2 Å². The van der Waals surface area contributed by atoms with E-state index in [0.29, 0.717) is 16.7 Å². The molecule has 0 aromatic heterocycles. The van der Waals surface area contributed by atoms with E-state index < -0.39 is 5.60 Å². The predicted octanol–water partition coefficient (Wildman–Crippen LogP) is 3.68. The van der Waals surface area contributed by atoms with Gasteiger partial charge in [-0.2, -0.15) is 0 Å². The van der Waals surface area contributed by atoms with E-state index in [1.807, 2.05) is 60.7 Å². The number of ether oxygens (including phenoxy) is 1. The Morgan fingerprint density at radius 2 is 0.864 bits per heavy atom. The van der Waals surface area contributed by atoms with Crippen LogP contribution in [0.1, 0.15) is 16.7 Å². The number of aromatic hydroxyl groups is 1. The number of phenolic OH excluding ortho intramolecular Hbond substituents is 1. The highest BCUT2D eigenvalue weighted by atomic mass is 16.5. The number of rotatable bonds is 4. The van der Waals surface area contributed by atoms with Crippen LogP contribution in [0.4, 0.5) is 0 Å². The monoisotopic (exact) mass is 556 g/mol. The number of aliphatic hydroxyl groups is 1. The van der Waals surface area contributed by atoms with Gasteiger partial charge in [0.2, 0.25) is 0 Å². The molecule has 0 spiro atoms. The van der Waals surface area contributed by atoms with E-state index in [1.165, 1.54) is 12.1 Å². The molecule has 3 rings (SSSR count). The van der Waals surface area contributed by atoms with Crippen molar-refractivity contribution in [3.63, 3.8) is 0 Å².